The third-order valence-corrected chi connectivity index (χ3v) is 2.17. The maximum absolute atomic E-state index is 11.7. The van der Waals surface area contributed by atoms with Crippen molar-refractivity contribution >= 4 is 5.97 Å². The first-order valence-corrected chi connectivity index (χ1v) is 4.88. The maximum Gasteiger partial charge on any atom is 0.522 e. The first-order chi connectivity index (χ1) is 7.90. The number of carbonyl (C=O) groups is 1. The van der Waals surface area contributed by atoms with Crippen molar-refractivity contribution in [2.45, 2.75) is 18.7 Å². The van der Waals surface area contributed by atoms with E-state index in [1.165, 1.54) is 0 Å². The van der Waals surface area contributed by atoms with Crippen LogP contribution < -0.4 is 0 Å². The second-order valence-corrected chi connectivity index (χ2v) is 3.38. The highest BCUT2D eigenvalue weighted by atomic mass is 19.4. The molecule has 1 aromatic rings. The van der Waals surface area contributed by atoms with E-state index in [1.807, 2.05) is 0 Å². The molecule has 0 saturated carbocycles. The van der Waals surface area contributed by atoms with E-state index in [-0.39, 0.29) is 6.42 Å². The van der Waals surface area contributed by atoms with Gasteiger partial charge in [0.1, 0.15) is 0 Å². The van der Waals surface area contributed by atoms with Gasteiger partial charge in [-0.2, -0.15) is 0 Å². The predicted octanol–water partition coefficient (Wildman–Crippen LogP) is 2.78. The second-order valence-electron chi connectivity index (χ2n) is 3.38. The number of carboxylic acids is 1. The van der Waals surface area contributed by atoms with E-state index in [1.54, 1.807) is 30.3 Å². The smallest absolute Gasteiger partial charge is 0.481 e. The van der Waals surface area contributed by atoms with Crippen LogP contribution in [0.2, 0.25) is 0 Å². The van der Waals surface area contributed by atoms with E-state index in [0.29, 0.717) is 5.56 Å². The van der Waals surface area contributed by atoms with Gasteiger partial charge in [-0.05, 0) is 12.0 Å². The van der Waals surface area contributed by atoms with Crippen molar-refractivity contribution in [1.82, 2.24) is 0 Å². The molecule has 0 bridgehead atoms. The third kappa shape index (κ3) is 4.86. The minimum Gasteiger partial charge on any atom is -0.481 e. The molecule has 3 nitrogen and oxygen atoms in total. The van der Waals surface area contributed by atoms with Crippen LogP contribution in [0.15, 0.2) is 30.3 Å². The summed E-state index contributed by atoms with van der Waals surface area (Å²) in [5.74, 6) is -2.15. The average molecular weight is 248 g/mol. The van der Waals surface area contributed by atoms with Crippen LogP contribution in [-0.2, 0) is 9.53 Å². The minimum absolute atomic E-state index is 0.223. The Morgan fingerprint density at radius 2 is 1.88 bits per heavy atom. The number of ether oxygens (including phenoxy) is 1. The van der Waals surface area contributed by atoms with E-state index in [2.05, 4.69) is 4.74 Å². The van der Waals surface area contributed by atoms with Gasteiger partial charge < -0.3 is 5.11 Å². The molecule has 0 spiro atoms. The van der Waals surface area contributed by atoms with Crippen LogP contribution in [0, 0.1) is 0 Å². The highest BCUT2D eigenvalue weighted by Crippen LogP contribution is 2.22. The lowest BCUT2D eigenvalue weighted by Crippen LogP contribution is -2.19. The summed E-state index contributed by atoms with van der Waals surface area (Å²) in [7, 11) is 0. The summed E-state index contributed by atoms with van der Waals surface area (Å²) in [6.07, 6.45) is -4.95. The summed E-state index contributed by atoms with van der Waals surface area (Å²) in [6.45, 7) is -0.671. The molecular weight excluding hydrogens is 237 g/mol. The van der Waals surface area contributed by atoms with Crippen LogP contribution in [0.4, 0.5) is 13.2 Å². The molecule has 0 aliphatic carbocycles. The molecule has 0 amide bonds. The summed E-state index contributed by atoms with van der Waals surface area (Å²) >= 11 is 0. The van der Waals surface area contributed by atoms with Crippen LogP contribution in [0.5, 0.6) is 0 Å². The molecule has 0 saturated heterocycles. The monoisotopic (exact) mass is 248 g/mol. The lowest BCUT2D eigenvalue weighted by molar-refractivity contribution is -0.325. The zero-order valence-electron chi connectivity index (χ0n) is 8.78. The van der Waals surface area contributed by atoms with Crippen LogP contribution >= 0.6 is 0 Å². The minimum atomic E-state index is -4.72. The molecule has 1 atom stereocenters. The topological polar surface area (TPSA) is 46.5 Å². The van der Waals surface area contributed by atoms with E-state index < -0.39 is 24.9 Å². The summed E-state index contributed by atoms with van der Waals surface area (Å²) in [4.78, 5) is 10.9. The molecule has 0 heterocycles. The molecule has 0 radical (unpaired) electrons. The van der Waals surface area contributed by atoms with Gasteiger partial charge in [0.2, 0.25) is 0 Å². The van der Waals surface area contributed by atoms with Crippen molar-refractivity contribution in [3.05, 3.63) is 35.9 Å². The van der Waals surface area contributed by atoms with Gasteiger partial charge in [-0.15, -0.1) is 13.2 Å². The number of halogens is 3. The van der Waals surface area contributed by atoms with Crippen LogP contribution in [0.1, 0.15) is 17.9 Å². The van der Waals surface area contributed by atoms with Crippen molar-refractivity contribution in [1.29, 1.82) is 0 Å². The lowest BCUT2D eigenvalue weighted by Gasteiger charge is -2.13. The van der Waals surface area contributed by atoms with Gasteiger partial charge >= 0.3 is 12.3 Å². The molecular formula is C11H11F3O3. The SMILES string of the molecule is O=C(O)C(CCOC(F)(F)F)c1ccccc1. The second kappa shape index (κ2) is 5.67. The van der Waals surface area contributed by atoms with Crippen LogP contribution in [0.25, 0.3) is 0 Å². The Kier molecular flexibility index (Phi) is 4.51. The highest BCUT2D eigenvalue weighted by molar-refractivity contribution is 5.75. The third-order valence-electron chi connectivity index (χ3n) is 2.17. The summed E-state index contributed by atoms with van der Waals surface area (Å²) in [5.41, 5.74) is 0.464. The molecule has 17 heavy (non-hydrogen) atoms. The molecule has 1 aromatic carbocycles. The van der Waals surface area contributed by atoms with Crippen molar-refractivity contribution < 1.29 is 27.8 Å². The Morgan fingerprint density at radius 1 is 1.29 bits per heavy atom. The summed E-state index contributed by atoms with van der Waals surface area (Å²) < 4.78 is 38.8. The van der Waals surface area contributed by atoms with Crippen molar-refractivity contribution in [3.63, 3.8) is 0 Å². The van der Waals surface area contributed by atoms with Crippen LogP contribution in [-0.4, -0.2) is 24.0 Å². The average Bonchev–Trinajstić information content (AvgIpc) is 2.23. The largest absolute Gasteiger partial charge is 0.522 e. The van der Waals surface area contributed by atoms with Crippen molar-refractivity contribution in [2.75, 3.05) is 6.61 Å². The number of hydrogen-bond donors (Lipinski definition) is 1. The van der Waals surface area contributed by atoms with Gasteiger partial charge in [0.15, 0.2) is 0 Å². The van der Waals surface area contributed by atoms with E-state index >= 15 is 0 Å². The van der Waals surface area contributed by atoms with Crippen molar-refractivity contribution in [3.8, 4) is 0 Å². The number of benzene rings is 1. The first kappa shape index (κ1) is 13.5. The van der Waals surface area contributed by atoms with Gasteiger partial charge in [-0.1, -0.05) is 30.3 Å². The Balaban J connectivity index is 2.60. The number of carboxylic acid groups (broad SMARTS) is 1. The fourth-order valence-corrected chi connectivity index (χ4v) is 1.41. The van der Waals surface area contributed by atoms with Gasteiger partial charge in [0.05, 0.1) is 12.5 Å². The number of hydrogen-bond acceptors (Lipinski definition) is 2. The van der Waals surface area contributed by atoms with Gasteiger partial charge in [-0.25, -0.2) is 0 Å². The fraction of sp³-hybridized carbons (Fsp3) is 0.364. The summed E-state index contributed by atoms with van der Waals surface area (Å²) in [6, 6.07) is 8.10. The van der Waals surface area contributed by atoms with Gasteiger partial charge in [0, 0.05) is 0 Å². The maximum atomic E-state index is 11.7. The molecule has 1 unspecified atom stereocenters. The van der Waals surface area contributed by atoms with Crippen molar-refractivity contribution in [2.24, 2.45) is 0 Å². The Bertz CT molecular complexity index is 362. The fourth-order valence-electron chi connectivity index (χ4n) is 1.41. The first-order valence-electron chi connectivity index (χ1n) is 4.88. The zero-order valence-corrected chi connectivity index (χ0v) is 8.78. The number of alkyl halides is 3. The predicted molar refractivity (Wildman–Crippen MR) is 53.4 cm³/mol. The van der Waals surface area contributed by atoms with Crippen LogP contribution in [0.3, 0.4) is 0 Å². The molecule has 1 rings (SSSR count). The Hall–Kier alpha value is -1.56. The Morgan fingerprint density at radius 3 is 2.35 bits per heavy atom. The van der Waals surface area contributed by atoms with E-state index in [4.69, 9.17) is 5.11 Å². The molecule has 0 aliphatic rings. The number of rotatable bonds is 5. The molecule has 1 N–H and O–H groups in total. The van der Waals surface area contributed by atoms with E-state index in [9.17, 15) is 18.0 Å². The molecule has 6 heteroatoms. The van der Waals surface area contributed by atoms with Gasteiger partial charge in [-0.3, -0.25) is 9.53 Å². The normalized spacial score (nSPS) is 13.4. The highest BCUT2D eigenvalue weighted by Gasteiger charge is 2.30. The molecule has 0 fully saturated rings. The van der Waals surface area contributed by atoms with E-state index in [0.717, 1.165) is 0 Å². The van der Waals surface area contributed by atoms with Gasteiger partial charge in [0.25, 0.3) is 0 Å². The zero-order chi connectivity index (χ0) is 12.9. The standard InChI is InChI=1S/C11H11F3O3/c12-11(13,14)17-7-6-9(10(15)16)8-4-2-1-3-5-8/h1-5,9H,6-7H2,(H,15,16). The quantitative estimate of drug-likeness (QED) is 0.871. The summed E-state index contributed by atoms with van der Waals surface area (Å²) in [5, 5.41) is 8.92. The number of aliphatic carboxylic acids is 1. The molecule has 0 aromatic heterocycles. The molecule has 94 valence electrons. The lowest BCUT2D eigenvalue weighted by atomic mass is 9.96. The molecule has 0 aliphatic heterocycles. The Labute approximate surface area is 95.8 Å².